The Morgan fingerprint density at radius 3 is 2.62 bits per heavy atom. The van der Waals surface area contributed by atoms with E-state index >= 15 is 0 Å². The lowest BCUT2D eigenvalue weighted by atomic mass is 10.1. The zero-order valence-electron chi connectivity index (χ0n) is 13.9. The number of amides is 1. The molecule has 1 unspecified atom stereocenters. The van der Waals surface area contributed by atoms with Crippen molar-refractivity contribution in [2.75, 3.05) is 13.1 Å². The van der Waals surface area contributed by atoms with E-state index in [4.69, 9.17) is 11.6 Å². The summed E-state index contributed by atoms with van der Waals surface area (Å²) in [7, 11) is -3.49. The number of halogens is 1. The first-order chi connectivity index (χ1) is 12.5. The fraction of sp³-hybridized carbons (Fsp3) is 0.211. The summed E-state index contributed by atoms with van der Waals surface area (Å²) >= 11 is 5.84. The summed E-state index contributed by atoms with van der Waals surface area (Å²) in [6.45, 7) is 0.624. The number of hydrogen-bond acceptors (Lipinski definition) is 3. The first-order valence-corrected chi connectivity index (χ1v) is 10.2. The molecule has 2 aromatic carbocycles. The standard InChI is InChI=1S/C19H17ClN2O3S/c20-13-5-7-14(8-6-13)26(24,25)15-9-10-22(12-15)19(23)17-11-21-18-4-2-1-3-16(17)18/h1-8,11,15,21H,9-10,12H2. The van der Waals surface area contributed by atoms with Crippen molar-refractivity contribution < 1.29 is 13.2 Å². The molecule has 1 atom stereocenters. The van der Waals surface area contributed by atoms with E-state index in [1.807, 2.05) is 24.3 Å². The molecular weight excluding hydrogens is 372 g/mol. The molecule has 4 rings (SSSR count). The lowest BCUT2D eigenvalue weighted by Gasteiger charge is -2.16. The van der Waals surface area contributed by atoms with Gasteiger partial charge < -0.3 is 9.88 Å². The van der Waals surface area contributed by atoms with Crippen molar-refractivity contribution in [2.45, 2.75) is 16.6 Å². The molecule has 3 aromatic rings. The molecule has 1 aliphatic heterocycles. The van der Waals surface area contributed by atoms with Crippen LogP contribution < -0.4 is 0 Å². The summed E-state index contributed by atoms with van der Waals surface area (Å²) in [5.74, 6) is -0.142. The molecular formula is C19H17ClN2O3S. The molecule has 0 aliphatic carbocycles. The lowest BCUT2D eigenvalue weighted by Crippen LogP contribution is -2.31. The third-order valence-electron chi connectivity index (χ3n) is 4.83. The van der Waals surface area contributed by atoms with Crippen molar-refractivity contribution in [2.24, 2.45) is 0 Å². The van der Waals surface area contributed by atoms with Crippen LogP contribution in [-0.4, -0.2) is 42.5 Å². The topological polar surface area (TPSA) is 70.2 Å². The molecule has 1 fully saturated rings. The van der Waals surface area contributed by atoms with Crippen LogP contribution in [-0.2, 0) is 9.84 Å². The van der Waals surface area contributed by atoms with Gasteiger partial charge in [0, 0.05) is 35.2 Å². The van der Waals surface area contributed by atoms with Crippen LogP contribution in [0.1, 0.15) is 16.8 Å². The number of hydrogen-bond donors (Lipinski definition) is 1. The Hall–Kier alpha value is -2.31. The molecule has 5 nitrogen and oxygen atoms in total. The second kappa shape index (κ2) is 6.45. The number of para-hydroxylation sites is 1. The number of aromatic amines is 1. The number of sulfone groups is 1. The van der Waals surface area contributed by atoms with Crippen LogP contribution in [0.2, 0.25) is 5.02 Å². The van der Waals surface area contributed by atoms with Gasteiger partial charge in [-0.25, -0.2) is 8.42 Å². The van der Waals surface area contributed by atoms with Crippen LogP contribution in [0.25, 0.3) is 10.9 Å². The summed E-state index contributed by atoms with van der Waals surface area (Å²) in [5, 5.41) is 0.742. The maximum atomic E-state index is 12.9. The van der Waals surface area contributed by atoms with Gasteiger partial charge in [-0.15, -0.1) is 0 Å². The van der Waals surface area contributed by atoms with E-state index in [1.54, 1.807) is 23.2 Å². The van der Waals surface area contributed by atoms with Gasteiger partial charge >= 0.3 is 0 Å². The SMILES string of the molecule is O=C(c1c[nH]c2ccccc12)N1CCC(S(=O)(=O)c2ccc(Cl)cc2)C1. The fourth-order valence-electron chi connectivity index (χ4n) is 3.40. The van der Waals surface area contributed by atoms with Crippen molar-refractivity contribution in [1.29, 1.82) is 0 Å². The highest BCUT2D eigenvalue weighted by Crippen LogP contribution is 2.27. The second-order valence-corrected chi connectivity index (χ2v) is 9.07. The summed E-state index contributed by atoms with van der Waals surface area (Å²) in [6, 6.07) is 13.7. The van der Waals surface area contributed by atoms with E-state index in [2.05, 4.69) is 4.98 Å². The Kier molecular flexibility index (Phi) is 4.25. The first-order valence-electron chi connectivity index (χ1n) is 8.31. The minimum absolute atomic E-state index is 0.142. The number of rotatable bonds is 3. The Bertz CT molecular complexity index is 1070. The fourth-order valence-corrected chi connectivity index (χ4v) is 5.22. The Balaban J connectivity index is 1.56. The zero-order chi connectivity index (χ0) is 18.3. The molecule has 1 N–H and O–H groups in total. The van der Waals surface area contributed by atoms with Gasteiger partial charge in [0.15, 0.2) is 9.84 Å². The highest BCUT2D eigenvalue weighted by molar-refractivity contribution is 7.92. The number of carbonyl (C=O) groups is 1. The predicted molar refractivity (Wildman–Crippen MR) is 101 cm³/mol. The molecule has 1 amide bonds. The summed E-state index contributed by atoms with van der Waals surface area (Å²) in [6.07, 6.45) is 2.12. The van der Waals surface area contributed by atoms with E-state index in [9.17, 15) is 13.2 Å². The largest absolute Gasteiger partial charge is 0.360 e. The van der Waals surface area contributed by atoms with E-state index in [0.717, 1.165) is 10.9 Å². The highest BCUT2D eigenvalue weighted by Gasteiger charge is 2.36. The van der Waals surface area contributed by atoms with E-state index in [1.165, 1.54) is 12.1 Å². The van der Waals surface area contributed by atoms with Gasteiger partial charge in [-0.2, -0.15) is 0 Å². The van der Waals surface area contributed by atoms with Crippen molar-refractivity contribution in [1.82, 2.24) is 9.88 Å². The van der Waals surface area contributed by atoms with Gasteiger partial charge in [0.1, 0.15) is 0 Å². The van der Waals surface area contributed by atoms with Crippen LogP contribution in [0.4, 0.5) is 0 Å². The highest BCUT2D eigenvalue weighted by atomic mass is 35.5. The number of fused-ring (bicyclic) bond motifs is 1. The minimum Gasteiger partial charge on any atom is -0.360 e. The second-order valence-electron chi connectivity index (χ2n) is 6.41. The molecule has 26 heavy (non-hydrogen) atoms. The van der Waals surface area contributed by atoms with Crippen molar-refractivity contribution in [3.05, 3.63) is 65.3 Å². The zero-order valence-corrected chi connectivity index (χ0v) is 15.4. The van der Waals surface area contributed by atoms with E-state index in [0.29, 0.717) is 23.6 Å². The number of benzene rings is 2. The number of nitrogens with zero attached hydrogens (tertiary/aromatic N) is 1. The van der Waals surface area contributed by atoms with Crippen LogP contribution >= 0.6 is 11.6 Å². The summed E-state index contributed by atoms with van der Waals surface area (Å²) in [4.78, 5) is 17.8. The van der Waals surface area contributed by atoms with E-state index in [-0.39, 0.29) is 17.3 Å². The maximum Gasteiger partial charge on any atom is 0.256 e. The van der Waals surface area contributed by atoms with Gasteiger partial charge in [-0.1, -0.05) is 29.8 Å². The monoisotopic (exact) mass is 388 g/mol. The molecule has 2 heterocycles. The molecule has 7 heteroatoms. The summed E-state index contributed by atoms with van der Waals surface area (Å²) < 4.78 is 25.7. The van der Waals surface area contributed by atoms with Gasteiger partial charge in [0.2, 0.25) is 0 Å². The number of carbonyl (C=O) groups excluding carboxylic acids is 1. The summed E-state index contributed by atoms with van der Waals surface area (Å²) in [5.41, 5.74) is 1.46. The van der Waals surface area contributed by atoms with Gasteiger partial charge in [-0.3, -0.25) is 4.79 Å². The Labute approximate surface area is 156 Å². The normalized spacial score (nSPS) is 17.7. The van der Waals surface area contributed by atoms with Crippen LogP contribution in [0, 0.1) is 0 Å². The molecule has 1 aromatic heterocycles. The quantitative estimate of drug-likeness (QED) is 0.746. The number of likely N-dealkylation sites (tertiary alicyclic amines) is 1. The number of nitrogens with one attached hydrogen (secondary N) is 1. The molecule has 0 bridgehead atoms. The molecule has 1 aliphatic rings. The Morgan fingerprint density at radius 1 is 1.12 bits per heavy atom. The van der Waals surface area contributed by atoms with Crippen LogP contribution in [0.15, 0.2) is 59.6 Å². The third kappa shape index (κ3) is 2.89. The van der Waals surface area contributed by atoms with E-state index < -0.39 is 15.1 Å². The van der Waals surface area contributed by atoms with Crippen LogP contribution in [0.3, 0.4) is 0 Å². The third-order valence-corrected chi connectivity index (χ3v) is 7.28. The first kappa shape index (κ1) is 17.1. The minimum atomic E-state index is -3.49. The van der Waals surface area contributed by atoms with Crippen molar-refractivity contribution >= 4 is 38.2 Å². The van der Waals surface area contributed by atoms with Gasteiger partial charge in [-0.05, 0) is 36.8 Å². The molecule has 134 valence electrons. The molecule has 0 saturated carbocycles. The number of aromatic nitrogens is 1. The predicted octanol–water partition coefficient (Wildman–Crippen LogP) is 3.51. The maximum absolute atomic E-state index is 12.9. The van der Waals surface area contributed by atoms with Crippen LogP contribution in [0.5, 0.6) is 0 Å². The molecule has 0 spiro atoms. The lowest BCUT2D eigenvalue weighted by molar-refractivity contribution is 0.0795. The smallest absolute Gasteiger partial charge is 0.256 e. The van der Waals surface area contributed by atoms with Crippen molar-refractivity contribution in [3.63, 3.8) is 0 Å². The molecule has 1 saturated heterocycles. The van der Waals surface area contributed by atoms with Gasteiger partial charge in [0.25, 0.3) is 5.91 Å². The Morgan fingerprint density at radius 2 is 1.85 bits per heavy atom. The average Bonchev–Trinajstić information content (AvgIpc) is 3.29. The van der Waals surface area contributed by atoms with Gasteiger partial charge in [0.05, 0.1) is 15.7 Å². The average molecular weight is 389 g/mol. The molecule has 0 radical (unpaired) electrons. The van der Waals surface area contributed by atoms with Crippen molar-refractivity contribution in [3.8, 4) is 0 Å². The number of H-pyrrole nitrogens is 1.